The van der Waals surface area contributed by atoms with Gasteiger partial charge in [0.2, 0.25) is 0 Å². The molecule has 32 heavy (non-hydrogen) atoms. The number of rotatable bonds is 7. The van der Waals surface area contributed by atoms with E-state index in [4.69, 9.17) is 5.73 Å². The minimum atomic E-state index is -4.71. The highest BCUT2D eigenvalue weighted by Crippen LogP contribution is 2.34. The molecule has 2 aromatic rings. The number of primary amides is 1. The van der Waals surface area contributed by atoms with Crippen molar-refractivity contribution in [2.24, 2.45) is 5.73 Å². The maximum atomic E-state index is 13.0. The fourth-order valence-corrected chi connectivity index (χ4v) is 3.00. The van der Waals surface area contributed by atoms with E-state index in [0.29, 0.717) is 29.5 Å². The Hall–Kier alpha value is -3.67. The van der Waals surface area contributed by atoms with Crippen LogP contribution < -0.4 is 21.7 Å². The van der Waals surface area contributed by atoms with E-state index in [9.17, 15) is 22.8 Å². The molecular weight excluding hydrogens is 427 g/mol. The first-order chi connectivity index (χ1) is 15.1. The minimum absolute atomic E-state index is 0.0235. The van der Waals surface area contributed by atoms with Gasteiger partial charge in [-0.25, -0.2) is 9.97 Å². The van der Waals surface area contributed by atoms with E-state index in [0.717, 1.165) is 19.2 Å². The summed E-state index contributed by atoms with van der Waals surface area (Å²) in [5.41, 5.74) is 5.19. The van der Waals surface area contributed by atoms with Gasteiger partial charge in [0.15, 0.2) is 5.82 Å². The van der Waals surface area contributed by atoms with Gasteiger partial charge in [-0.05, 0) is 51.3 Å². The van der Waals surface area contributed by atoms with Crippen molar-refractivity contribution in [2.45, 2.75) is 12.6 Å². The Morgan fingerprint density at radius 3 is 2.53 bits per heavy atom. The summed E-state index contributed by atoms with van der Waals surface area (Å²) in [6.45, 7) is 1.33. The molecule has 170 valence electrons. The third-order valence-electron chi connectivity index (χ3n) is 4.53. The molecule has 1 aliphatic rings. The van der Waals surface area contributed by atoms with Crippen molar-refractivity contribution >= 4 is 28.8 Å². The molecule has 1 aliphatic heterocycles. The lowest BCUT2D eigenvalue weighted by Crippen LogP contribution is -2.27. The second-order valence-electron chi connectivity index (χ2n) is 7.30. The maximum Gasteiger partial charge on any atom is 0.433 e. The number of alkyl halides is 3. The molecule has 0 aliphatic carbocycles. The minimum Gasteiger partial charge on any atom is -0.365 e. The summed E-state index contributed by atoms with van der Waals surface area (Å²) in [4.78, 5) is 33.6. The highest BCUT2D eigenvalue weighted by atomic mass is 19.4. The summed E-state index contributed by atoms with van der Waals surface area (Å²) in [6, 6.07) is 5.45. The molecule has 0 saturated heterocycles. The smallest absolute Gasteiger partial charge is 0.365 e. The number of hydrogen-bond donors (Lipinski definition) is 4. The fraction of sp³-hybridized carbons (Fsp3) is 0.300. The van der Waals surface area contributed by atoms with Gasteiger partial charge < -0.3 is 26.6 Å². The summed E-state index contributed by atoms with van der Waals surface area (Å²) in [5, 5.41) is 8.56. The van der Waals surface area contributed by atoms with Crippen LogP contribution in [0.4, 0.5) is 24.5 Å². The second kappa shape index (κ2) is 9.22. The molecule has 0 unspecified atom stereocenters. The largest absolute Gasteiger partial charge is 0.433 e. The van der Waals surface area contributed by atoms with Crippen molar-refractivity contribution in [3.05, 3.63) is 53.4 Å². The SMILES string of the molecule is CN(C)CCCNC(=O)c1ccc2c(c1)N/C(=C(/C(N)=O)c1nccc(C(F)(F)F)n1)N2. The quantitative estimate of drug-likeness (QED) is 0.376. The maximum absolute atomic E-state index is 13.0. The van der Waals surface area contributed by atoms with Gasteiger partial charge in [-0.3, -0.25) is 9.59 Å². The normalized spacial score (nSPS) is 14.4. The number of carbonyl (C=O) groups excluding carboxylic acids is 2. The lowest BCUT2D eigenvalue weighted by atomic mass is 10.1. The first-order valence-electron chi connectivity index (χ1n) is 9.62. The summed E-state index contributed by atoms with van der Waals surface area (Å²) in [6.07, 6.45) is -3.02. The van der Waals surface area contributed by atoms with Gasteiger partial charge in [-0.1, -0.05) is 0 Å². The number of hydrogen-bond acceptors (Lipinski definition) is 7. The van der Waals surface area contributed by atoms with Crippen molar-refractivity contribution in [1.82, 2.24) is 20.2 Å². The first kappa shape index (κ1) is 23.0. The highest BCUT2D eigenvalue weighted by Gasteiger charge is 2.34. The molecule has 12 heteroatoms. The topological polar surface area (TPSA) is 125 Å². The van der Waals surface area contributed by atoms with E-state index in [1.807, 2.05) is 19.0 Å². The van der Waals surface area contributed by atoms with Crippen molar-refractivity contribution in [2.75, 3.05) is 37.8 Å². The average Bonchev–Trinajstić information content (AvgIpc) is 3.12. The fourth-order valence-electron chi connectivity index (χ4n) is 3.00. The summed E-state index contributed by atoms with van der Waals surface area (Å²) in [7, 11) is 3.88. The average molecular weight is 449 g/mol. The van der Waals surface area contributed by atoms with E-state index in [2.05, 4.69) is 25.9 Å². The molecule has 0 fully saturated rings. The van der Waals surface area contributed by atoms with Gasteiger partial charge in [0.05, 0.1) is 11.4 Å². The molecular formula is C20H22F3N7O2. The molecule has 2 heterocycles. The number of benzene rings is 1. The lowest BCUT2D eigenvalue weighted by molar-refractivity contribution is -0.141. The highest BCUT2D eigenvalue weighted by molar-refractivity contribution is 6.20. The van der Waals surface area contributed by atoms with Crippen LogP contribution in [0.3, 0.4) is 0 Å². The van der Waals surface area contributed by atoms with E-state index in [-0.39, 0.29) is 17.3 Å². The van der Waals surface area contributed by atoms with Gasteiger partial charge in [-0.2, -0.15) is 13.2 Å². The predicted molar refractivity (Wildman–Crippen MR) is 112 cm³/mol. The molecule has 0 bridgehead atoms. The van der Waals surface area contributed by atoms with E-state index >= 15 is 0 Å². The molecule has 9 nitrogen and oxygen atoms in total. The standard InChI is InChI=1S/C20H22F3N7O2/c1-30(2)9-3-7-26-19(32)11-4-5-12-13(10-11)28-18(27-12)15(16(24)31)17-25-8-6-14(29-17)20(21,22)23/h4-6,8,10,27-28H,3,7,9H2,1-2H3,(H2,24,31)(H,26,32)/b18-15-. The van der Waals surface area contributed by atoms with Crippen molar-refractivity contribution in [3.8, 4) is 0 Å². The third-order valence-corrected chi connectivity index (χ3v) is 4.53. The monoisotopic (exact) mass is 449 g/mol. The lowest BCUT2D eigenvalue weighted by Gasteiger charge is -2.10. The molecule has 5 N–H and O–H groups in total. The van der Waals surface area contributed by atoms with Gasteiger partial charge in [0.1, 0.15) is 17.1 Å². The van der Waals surface area contributed by atoms with Crippen LogP contribution in [0, 0.1) is 0 Å². The van der Waals surface area contributed by atoms with Crippen LogP contribution >= 0.6 is 0 Å². The predicted octanol–water partition coefficient (Wildman–Crippen LogP) is 1.87. The molecule has 3 rings (SSSR count). The Balaban J connectivity index is 1.83. The van der Waals surface area contributed by atoms with Crippen molar-refractivity contribution in [3.63, 3.8) is 0 Å². The van der Waals surface area contributed by atoms with Gasteiger partial charge in [0, 0.05) is 18.3 Å². The molecule has 1 aromatic heterocycles. The van der Waals surface area contributed by atoms with Gasteiger partial charge in [-0.15, -0.1) is 0 Å². The Labute approximate surface area is 181 Å². The van der Waals surface area contributed by atoms with E-state index < -0.39 is 23.6 Å². The van der Waals surface area contributed by atoms with Crippen molar-refractivity contribution in [1.29, 1.82) is 0 Å². The number of carbonyl (C=O) groups is 2. The van der Waals surface area contributed by atoms with Crippen LogP contribution in [-0.2, 0) is 11.0 Å². The Morgan fingerprint density at radius 1 is 1.16 bits per heavy atom. The molecule has 0 spiro atoms. The number of nitrogens with one attached hydrogen (secondary N) is 3. The zero-order valence-corrected chi connectivity index (χ0v) is 17.4. The Morgan fingerprint density at radius 2 is 1.88 bits per heavy atom. The number of nitrogens with two attached hydrogens (primary N) is 1. The number of halogens is 3. The van der Waals surface area contributed by atoms with Gasteiger partial charge >= 0.3 is 6.18 Å². The molecule has 1 aromatic carbocycles. The summed E-state index contributed by atoms with van der Waals surface area (Å²) >= 11 is 0. The molecule has 0 saturated carbocycles. The van der Waals surface area contributed by atoms with Gasteiger partial charge in [0.25, 0.3) is 11.8 Å². The van der Waals surface area contributed by atoms with Crippen LogP contribution in [0.5, 0.6) is 0 Å². The molecule has 0 radical (unpaired) electrons. The van der Waals surface area contributed by atoms with Crippen LogP contribution in [0.2, 0.25) is 0 Å². The van der Waals surface area contributed by atoms with E-state index in [1.54, 1.807) is 18.2 Å². The molecule has 0 atom stereocenters. The Kier molecular flexibility index (Phi) is 6.63. The van der Waals surface area contributed by atoms with Crippen LogP contribution in [0.25, 0.3) is 5.57 Å². The third kappa shape index (κ3) is 5.32. The zero-order chi connectivity index (χ0) is 23.5. The number of fused-ring (bicyclic) bond motifs is 1. The number of amides is 2. The Bertz CT molecular complexity index is 1070. The van der Waals surface area contributed by atoms with Crippen LogP contribution in [0.1, 0.15) is 28.3 Å². The molecule has 2 amide bonds. The number of anilines is 2. The summed E-state index contributed by atoms with van der Waals surface area (Å²) in [5.74, 6) is -1.75. The second-order valence-corrected chi connectivity index (χ2v) is 7.30. The zero-order valence-electron chi connectivity index (χ0n) is 17.4. The number of nitrogens with zero attached hydrogens (tertiary/aromatic N) is 3. The summed E-state index contributed by atoms with van der Waals surface area (Å²) < 4.78 is 39.0. The number of aromatic nitrogens is 2. The van der Waals surface area contributed by atoms with Crippen LogP contribution in [0.15, 0.2) is 36.3 Å². The van der Waals surface area contributed by atoms with Crippen LogP contribution in [-0.4, -0.2) is 53.9 Å². The first-order valence-corrected chi connectivity index (χ1v) is 9.62. The van der Waals surface area contributed by atoms with Crippen molar-refractivity contribution < 1.29 is 22.8 Å². The van der Waals surface area contributed by atoms with E-state index in [1.165, 1.54) is 0 Å².